The number of nitrogens with zero attached hydrogens (tertiary/aromatic N) is 1. The Labute approximate surface area is 119 Å². The molecule has 0 bridgehead atoms. The summed E-state index contributed by atoms with van der Waals surface area (Å²) in [5.74, 6) is -0.388. The van der Waals surface area contributed by atoms with Crippen molar-refractivity contribution in [2.75, 3.05) is 30.3 Å². The predicted molar refractivity (Wildman–Crippen MR) is 80.0 cm³/mol. The monoisotopic (exact) mass is 284 g/mol. The predicted octanol–water partition coefficient (Wildman–Crippen LogP) is 3.34. The van der Waals surface area contributed by atoms with E-state index in [1.54, 1.807) is 19.1 Å². The molecular formula is C14H21ClN2O2. The third kappa shape index (κ3) is 3.77. The van der Waals surface area contributed by atoms with Crippen LogP contribution in [-0.4, -0.2) is 25.7 Å². The van der Waals surface area contributed by atoms with Crippen LogP contribution in [0.15, 0.2) is 12.1 Å². The second-order valence-corrected chi connectivity index (χ2v) is 4.61. The normalized spacial score (nSPS) is 10.3. The van der Waals surface area contributed by atoms with E-state index < -0.39 is 0 Å². The number of nitrogens with two attached hydrogens (primary N) is 1. The molecule has 0 atom stereocenters. The Balaban J connectivity index is 3.30. The van der Waals surface area contributed by atoms with Gasteiger partial charge in [0.15, 0.2) is 0 Å². The van der Waals surface area contributed by atoms with Crippen LogP contribution in [0.4, 0.5) is 11.4 Å². The van der Waals surface area contributed by atoms with Crippen molar-refractivity contribution < 1.29 is 9.53 Å². The molecule has 0 unspecified atom stereocenters. The van der Waals surface area contributed by atoms with Crippen LogP contribution in [0.5, 0.6) is 0 Å². The fourth-order valence-electron chi connectivity index (χ4n) is 2.00. The van der Waals surface area contributed by atoms with Gasteiger partial charge in [0.1, 0.15) is 0 Å². The number of esters is 1. The van der Waals surface area contributed by atoms with E-state index in [1.807, 2.05) is 6.92 Å². The van der Waals surface area contributed by atoms with Gasteiger partial charge in [-0.15, -0.1) is 0 Å². The van der Waals surface area contributed by atoms with Crippen molar-refractivity contribution >= 4 is 28.9 Å². The first-order valence-electron chi connectivity index (χ1n) is 6.56. The quantitative estimate of drug-likeness (QED) is 0.643. The van der Waals surface area contributed by atoms with Gasteiger partial charge < -0.3 is 15.4 Å². The number of ether oxygens (including phenoxy) is 1. The summed E-state index contributed by atoms with van der Waals surface area (Å²) in [5.41, 5.74) is 7.37. The highest BCUT2D eigenvalue weighted by Crippen LogP contribution is 2.33. The molecule has 0 fully saturated rings. The fourth-order valence-corrected chi connectivity index (χ4v) is 2.35. The van der Waals surface area contributed by atoms with Crippen LogP contribution in [0.2, 0.25) is 5.02 Å². The largest absolute Gasteiger partial charge is 0.462 e. The Hall–Kier alpha value is -1.42. The van der Waals surface area contributed by atoms with Gasteiger partial charge in [0.05, 0.1) is 22.9 Å². The average Bonchev–Trinajstić information content (AvgIpc) is 2.36. The van der Waals surface area contributed by atoms with Gasteiger partial charge >= 0.3 is 5.97 Å². The third-order valence-electron chi connectivity index (χ3n) is 2.77. The topological polar surface area (TPSA) is 55.6 Å². The lowest BCUT2D eigenvalue weighted by Crippen LogP contribution is -2.26. The minimum Gasteiger partial charge on any atom is -0.462 e. The minimum atomic E-state index is -0.388. The maximum atomic E-state index is 12.0. The third-order valence-corrected chi connectivity index (χ3v) is 3.06. The Kier molecular flexibility index (Phi) is 5.96. The van der Waals surface area contributed by atoms with Crippen molar-refractivity contribution in [3.63, 3.8) is 0 Å². The zero-order chi connectivity index (χ0) is 14.4. The molecule has 106 valence electrons. The van der Waals surface area contributed by atoms with Crippen LogP contribution >= 0.6 is 11.6 Å². The molecule has 2 N–H and O–H groups in total. The maximum absolute atomic E-state index is 12.0. The molecule has 19 heavy (non-hydrogen) atoms. The Morgan fingerprint density at radius 2 is 2.05 bits per heavy atom. The van der Waals surface area contributed by atoms with Crippen LogP contribution in [0.1, 0.15) is 37.6 Å². The summed E-state index contributed by atoms with van der Waals surface area (Å²) in [7, 11) is 0. The van der Waals surface area contributed by atoms with E-state index in [0.29, 0.717) is 28.6 Å². The zero-order valence-corrected chi connectivity index (χ0v) is 12.5. The van der Waals surface area contributed by atoms with Crippen molar-refractivity contribution in [2.45, 2.75) is 27.2 Å². The molecule has 0 spiro atoms. The summed E-state index contributed by atoms with van der Waals surface area (Å²) in [6.45, 7) is 7.80. The van der Waals surface area contributed by atoms with Crippen molar-refractivity contribution in [1.82, 2.24) is 0 Å². The Bertz CT molecular complexity index is 449. The Morgan fingerprint density at radius 3 is 2.58 bits per heavy atom. The van der Waals surface area contributed by atoms with Crippen molar-refractivity contribution in [3.05, 3.63) is 22.7 Å². The number of carbonyl (C=O) groups excluding carboxylic acids is 1. The Morgan fingerprint density at radius 1 is 1.37 bits per heavy atom. The molecule has 0 saturated carbocycles. The van der Waals surface area contributed by atoms with E-state index in [9.17, 15) is 4.79 Å². The average molecular weight is 285 g/mol. The van der Waals surface area contributed by atoms with Gasteiger partial charge in [-0.1, -0.05) is 18.5 Å². The summed E-state index contributed by atoms with van der Waals surface area (Å²) < 4.78 is 5.07. The van der Waals surface area contributed by atoms with Gasteiger partial charge in [-0.05, 0) is 32.4 Å². The second-order valence-electron chi connectivity index (χ2n) is 4.20. The molecule has 0 aliphatic heterocycles. The number of benzene rings is 1. The van der Waals surface area contributed by atoms with E-state index in [1.165, 1.54) is 0 Å². The summed E-state index contributed by atoms with van der Waals surface area (Å²) in [6.07, 6.45) is 0.969. The molecule has 1 rings (SSSR count). The van der Waals surface area contributed by atoms with E-state index in [-0.39, 0.29) is 5.97 Å². The van der Waals surface area contributed by atoms with E-state index >= 15 is 0 Å². The van der Waals surface area contributed by atoms with E-state index in [0.717, 1.165) is 19.5 Å². The summed E-state index contributed by atoms with van der Waals surface area (Å²) in [5, 5.41) is 0.485. The maximum Gasteiger partial charge on any atom is 0.340 e. The van der Waals surface area contributed by atoms with E-state index in [4.69, 9.17) is 22.1 Å². The van der Waals surface area contributed by atoms with Crippen molar-refractivity contribution in [2.24, 2.45) is 0 Å². The number of halogens is 1. The van der Waals surface area contributed by atoms with Gasteiger partial charge in [-0.2, -0.15) is 0 Å². The molecule has 4 nitrogen and oxygen atoms in total. The van der Waals surface area contributed by atoms with Crippen LogP contribution < -0.4 is 10.6 Å². The van der Waals surface area contributed by atoms with Crippen LogP contribution in [-0.2, 0) is 4.74 Å². The van der Waals surface area contributed by atoms with Gasteiger partial charge in [-0.25, -0.2) is 4.79 Å². The van der Waals surface area contributed by atoms with Crippen LogP contribution in [0.25, 0.3) is 0 Å². The molecule has 0 aliphatic rings. The summed E-state index contributed by atoms with van der Waals surface area (Å²) >= 11 is 6.26. The zero-order valence-electron chi connectivity index (χ0n) is 11.7. The first kappa shape index (κ1) is 15.6. The van der Waals surface area contributed by atoms with Gasteiger partial charge in [0, 0.05) is 18.8 Å². The van der Waals surface area contributed by atoms with Crippen molar-refractivity contribution in [3.8, 4) is 0 Å². The fraction of sp³-hybridized carbons (Fsp3) is 0.500. The van der Waals surface area contributed by atoms with Gasteiger partial charge in [-0.3, -0.25) is 0 Å². The number of hydrogen-bond donors (Lipinski definition) is 1. The molecule has 5 heteroatoms. The number of anilines is 2. The lowest BCUT2D eigenvalue weighted by molar-refractivity contribution is 0.0527. The molecule has 0 aliphatic carbocycles. The summed E-state index contributed by atoms with van der Waals surface area (Å²) in [6, 6.07) is 3.29. The number of carbonyl (C=O) groups is 1. The molecule has 1 aromatic carbocycles. The SMILES string of the molecule is CCCN(CC)c1c(Cl)cc(N)cc1C(=O)OCC. The molecule has 0 amide bonds. The van der Waals surface area contributed by atoms with Gasteiger partial charge in [0.25, 0.3) is 0 Å². The number of rotatable bonds is 6. The van der Waals surface area contributed by atoms with Gasteiger partial charge in [0.2, 0.25) is 0 Å². The van der Waals surface area contributed by atoms with Crippen LogP contribution in [0, 0.1) is 0 Å². The molecule has 1 aromatic rings. The molecule has 0 radical (unpaired) electrons. The first-order valence-corrected chi connectivity index (χ1v) is 6.93. The van der Waals surface area contributed by atoms with Crippen molar-refractivity contribution in [1.29, 1.82) is 0 Å². The second kappa shape index (κ2) is 7.24. The lowest BCUT2D eigenvalue weighted by atomic mass is 10.1. The number of nitrogen functional groups attached to an aromatic ring is 1. The van der Waals surface area contributed by atoms with E-state index in [2.05, 4.69) is 11.8 Å². The standard InChI is InChI=1S/C14H21ClN2O2/c1-4-7-17(5-2)13-11(14(18)19-6-3)8-10(16)9-12(13)15/h8-9H,4-7,16H2,1-3H3. The highest BCUT2D eigenvalue weighted by molar-refractivity contribution is 6.34. The smallest absolute Gasteiger partial charge is 0.340 e. The molecule has 0 aromatic heterocycles. The lowest BCUT2D eigenvalue weighted by Gasteiger charge is -2.26. The summed E-state index contributed by atoms with van der Waals surface area (Å²) in [4.78, 5) is 14.1. The molecule has 0 heterocycles. The highest BCUT2D eigenvalue weighted by atomic mass is 35.5. The highest BCUT2D eigenvalue weighted by Gasteiger charge is 2.20. The minimum absolute atomic E-state index is 0.324. The number of hydrogen-bond acceptors (Lipinski definition) is 4. The first-order chi connectivity index (χ1) is 9.04. The molecule has 0 saturated heterocycles. The van der Waals surface area contributed by atoms with Crippen LogP contribution in [0.3, 0.4) is 0 Å². The molecular weight excluding hydrogens is 264 g/mol.